The zero-order chi connectivity index (χ0) is 13.1. The summed E-state index contributed by atoms with van der Waals surface area (Å²) in [5, 5.41) is 10.8. The largest absolute Gasteiger partial charge is 0.484 e. The van der Waals surface area contributed by atoms with Crippen LogP contribution < -0.4 is 4.74 Å². The SMILES string of the molecule is Clc1ccc(OCc2nc(-c3ncn[nH]3)no2)cc1. The molecule has 2 heterocycles. The van der Waals surface area contributed by atoms with Gasteiger partial charge in [0.25, 0.3) is 5.89 Å². The Hall–Kier alpha value is -2.41. The zero-order valence-electron chi connectivity index (χ0n) is 9.58. The molecule has 0 aliphatic rings. The third kappa shape index (κ3) is 2.71. The fourth-order valence-electron chi connectivity index (χ4n) is 1.40. The number of aromatic amines is 1. The van der Waals surface area contributed by atoms with Gasteiger partial charge >= 0.3 is 0 Å². The van der Waals surface area contributed by atoms with Crippen LogP contribution in [0.3, 0.4) is 0 Å². The van der Waals surface area contributed by atoms with Crippen LogP contribution in [0, 0.1) is 0 Å². The number of ether oxygens (including phenoxy) is 1. The number of rotatable bonds is 4. The highest BCUT2D eigenvalue weighted by Gasteiger charge is 2.11. The van der Waals surface area contributed by atoms with Crippen LogP contribution in [0.2, 0.25) is 5.02 Å². The highest BCUT2D eigenvalue weighted by Crippen LogP contribution is 2.17. The Balaban J connectivity index is 1.66. The molecule has 0 aliphatic carbocycles. The number of hydrogen-bond donors (Lipinski definition) is 1. The molecule has 0 atom stereocenters. The first-order chi connectivity index (χ1) is 9.31. The molecule has 1 N–H and O–H groups in total. The van der Waals surface area contributed by atoms with Crippen LogP contribution >= 0.6 is 11.6 Å². The third-order valence-corrected chi connectivity index (χ3v) is 2.52. The normalized spacial score (nSPS) is 10.6. The Labute approximate surface area is 112 Å². The molecule has 8 heteroatoms. The van der Waals surface area contributed by atoms with E-state index in [1.807, 2.05) is 0 Å². The molecule has 0 fully saturated rings. The van der Waals surface area contributed by atoms with Gasteiger partial charge in [0.15, 0.2) is 12.4 Å². The topological polar surface area (TPSA) is 89.7 Å². The van der Waals surface area contributed by atoms with Crippen molar-refractivity contribution >= 4 is 11.6 Å². The molecule has 0 bridgehead atoms. The standard InChI is InChI=1S/C11H8ClN5O2/c12-7-1-3-8(4-2-7)18-5-9-15-11(17-19-9)10-13-6-14-16-10/h1-4,6H,5H2,(H,13,14,16). The van der Waals surface area contributed by atoms with Gasteiger partial charge < -0.3 is 9.26 Å². The fraction of sp³-hybridized carbons (Fsp3) is 0.0909. The van der Waals surface area contributed by atoms with Gasteiger partial charge in [0.1, 0.15) is 12.1 Å². The summed E-state index contributed by atoms with van der Waals surface area (Å²) in [6.07, 6.45) is 1.37. The Morgan fingerprint density at radius 1 is 1.26 bits per heavy atom. The minimum absolute atomic E-state index is 0.169. The maximum atomic E-state index is 5.78. The van der Waals surface area contributed by atoms with Crippen LogP contribution in [0.4, 0.5) is 0 Å². The van der Waals surface area contributed by atoms with Crippen molar-refractivity contribution in [1.82, 2.24) is 25.3 Å². The molecular weight excluding hydrogens is 270 g/mol. The van der Waals surface area contributed by atoms with E-state index in [4.69, 9.17) is 20.9 Å². The van der Waals surface area contributed by atoms with Crippen LogP contribution in [0.25, 0.3) is 11.6 Å². The van der Waals surface area contributed by atoms with Gasteiger partial charge in [0.05, 0.1) is 0 Å². The average Bonchev–Trinajstić information content (AvgIpc) is 3.09. The Morgan fingerprint density at radius 3 is 2.84 bits per heavy atom. The lowest BCUT2D eigenvalue weighted by Crippen LogP contribution is -1.95. The van der Waals surface area contributed by atoms with Crippen molar-refractivity contribution in [2.75, 3.05) is 0 Å². The molecule has 0 amide bonds. The third-order valence-electron chi connectivity index (χ3n) is 2.27. The molecule has 0 spiro atoms. The lowest BCUT2D eigenvalue weighted by atomic mass is 10.3. The molecule has 7 nitrogen and oxygen atoms in total. The van der Waals surface area contributed by atoms with E-state index in [0.717, 1.165) is 0 Å². The van der Waals surface area contributed by atoms with Gasteiger partial charge in [-0.2, -0.15) is 10.1 Å². The van der Waals surface area contributed by atoms with Crippen LogP contribution in [-0.2, 0) is 6.61 Å². The van der Waals surface area contributed by atoms with E-state index < -0.39 is 0 Å². The number of nitrogens with one attached hydrogen (secondary N) is 1. The van der Waals surface area contributed by atoms with E-state index in [1.165, 1.54) is 6.33 Å². The van der Waals surface area contributed by atoms with Gasteiger partial charge in [0.2, 0.25) is 5.82 Å². The van der Waals surface area contributed by atoms with Crippen LogP contribution in [-0.4, -0.2) is 25.3 Å². The van der Waals surface area contributed by atoms with E-state index >= 15 is 0 Å². The molecule has 0 unspecified atom stereocenters. The summed E-state index contributed by atoms with van der Waals surface area (Å²) < 4.78 is 10.5. The summed E-state index contributed by atoms with van der Waals surface area (Å²) >= 11 is 5.78. The van der Waals surface area contributed by atoms with Crippen molar-refractivity contribution in [1.29, 1.82) is 0 Å². The van der Waals surface area contributed by atoms with Crippen molar-refractivity contribution in [2.24, 2.45) is 0 Å². The predicted molar refractivity (Wildman–Crippen MR) is 65.5 cm³/mol. The van der Waals surface area contributed by atoms with Crippen LogP contribution in [0.5, 0.6) is 5.75 Å². The van der Waals surface area contributed by atoms with Gasteiger partial charge in [-0.15, -0.1) is 0 Å². The van der Waals surface area contributed by atoms with Gasteiger partial charge in [-0.25, -0.2) is 4.98 Å². The highest BCUT2D eigenvalue weighted by atomic mass is 35.5. The average molecular weight is 278 g/mol. The van der Waals surface area contributed by atoms with E-state index in [1.54, 1.807) is 24.3 Å². The van der Waals surface area contributed by atoms with E-state index in [9.17, 15) is 0 Å². The Kier molecular flexibility index (Phi) is 3.11. The Morgan fingerprint density at radius 2 is 2.11 bits per heavy atom. The number of aromatic nitrogens is 5. The van der Waals surface area contributed by atoms with Gasteiger partial charge in [0, 0.05) is 5.02 Å². The summed E-state index contributed by atoms with van der Waals surface area (Å²) in [5.74, 6) is 1.80. The number of H-pyrrole nitrogens is 1. The van der Waals surface area contributed by atoms with Crippen molar-refractivity contribution in [3.05, 3.63) is 41.5 Å². The van der Waals surface area contributed by atoms with Gasteiger partial charge in [-0.1, -0.05) is 16.8 Å². The minimum atomic E-state index is 0.169. The molecule has 0 saturated carbocycles. The van der Waals surface area contributed by atoms with E-state index in [2.05, 4.69) is 25.3 Å². The van der Waals surface area contributed by atoms with Gasteiger partial charge in [-0.3, -0.25) is 5.10 Å². The second kappa shape index (κ2) is 5.07. The fourth-order valence-corrected chi connectivity index (χ4v) is 1.52. The van der Waals surface area contributed by atoms with E-state index in [-0.39, 0.29) is 6.61 Å². The number of benzene rings is 1. The summed E-state index contributed by atoms with van der Waals surface area (Å²) in [5.41, 5.74) is 0. The van der Waals surface area contributed by atoms with Crippen LogP contribution in [0.1, 0.15) is 5.89 Å². The number of hydrogen-bond acceptors (Lipinski definition) is 6. The summed E-state index contributed by atoms with van der Waals surface area (Å²) in [6.45, 7) is 0.169. The molecule has 2 aromatic heterocycles. The predicted octanol–water partition coefficient (Wildman–Crippen LogP) is 2.09. The molecule has 96 valence electrons. The zero-order valence-corrected chi connectivity index (χ0v) is 10.3. The lowest BCUT2D eigenvalue weighted by Gasteiger charge is -2.01. The summed E-state index contributed by atoms with van der Waals surface area (Å²) in [4.78, 5) is 8.04. The van der Waals surface area contributed by atoms with Crippen molar-refractivity contribution in [3.63, 3.8) is 0 Å². The number of nitrogens with zero attached hydrogens (tertiary/aromatic N) is 4. The highest BCUT2D eigenvalue weighted by molar-refractivity contribution is 6.30. The summed E-state index contributed by atoms with van der Waals surface area (Å²) in [6, 6.07) is 7.00. The lowest BCUT2D eigenvalue weighted by molar-refractivity contribution is 0.243. The monoisotopic (exact) mass is 277 g/mol. The quantitative estimate of drug-likeness (QED) is 0.785. The molecule has 0 aliphatic heterocycles. The first kappa shape index (κ1) is 11.7. The second-order valence-corrected chi connectivity index (χ2v) is 4.02. The maximum Gasteiger partial charge on any atom is 0.264 e. The molecule has 1 aromatic carbocycles. The maximum absolute atomic E-state index is 5.78. The second-order valence-electron chi connectivity index (χ2n) is 3.59. The van der Waals surface area contributed by atoms with Crippen molar-refractivity contribution in [2.45, 2.75) is 6.61 Å². The molecule has 0 radical (unpaired) electrons. The van der Waals surface area contributed by atoms with Crippen LogP contribution in [0.15, 0.2) is 35.1 Å². The van der Waals surface area contributed by atoms with Crippen molar-refractivity contribution < 1.29 is 9.26 Å². The molecule has 19 heavy (non-hydrogen) atoms. The number of halogens is 1. The molecule has 3 aromatic rings. The van der Waals surface area contributed by atoms with Gasteiger partial charge in [-0.05, 0) is 24.3 Å². The Bertz CT molecular complexity index is 650. The van der Waals surface area contributed by atoms with E-state index in [0.29, 0.717) is 28.3 Å². The molecule has 0 saturated heterocycles. The van der Waals surface area contributed by atoms with Crippen molar-refractivity contribution in [3.8, 4) is 17.4 Å². The first-order valence-electron chi connectivity index (χ1n) is 5.38. The summed E-state index contributed by atoms with van der Waals surface area (Å²) in [7, 11) is 0. The minimum Gasteiger partial charge on any atom is -0.484 e. The first-order valence-corrected chi connectivity index (χ1v) is 5.76. The molecule has 3 rings (SSSR count). The molecular formula is C11H8ClN5O2. The smallest absolute Gasteiger partial charge is 0.264 e.